The maximum Gasteiger partial charge on any atom is 0.175 e. The van der Waals surface area contributed by atoms with Crippen molar-refractivity contribution in [1.82, 2.24) is 0 Å². The summed E-state index contributed by atoms with van der Waals surface area (Å²) < 4.78 is 0. The number of nitrogens with one attached hydrogen (secondary N) is 2. The molecule has 4 heteroatoms. The Morgan fingerprint density at radius 2 is 1.34 bits per heavy atom. The van der Waals surface area contributed by atoms with E-state index in [1.165, 1.54) is 0 Å². The summed E-state index contributed by atoms with van der Waals surface area (Å²) in [5.41, 5.74) is 6.45. The molecule has 2 atom stereocenters. The van der Waals surface area contributed by atoms with E-state index in [2.05, 4.69) is 10.6 Å². The molecule has 32 heavy (non-hydrogen) atoms. The topological polar surface area (TPSA) is 58.2 Å². The molecule has 0 spiro atoms. The van der Waals surface area contributed by atoms with Crippen LogP contribution in [0.2, 0.25) is 0 Å². The quantitative estimate of drug-likeness (QED) is 0.526. The molecule has 158 valence electrons. The van der Waals surface area contributed by atoms with Crippen LogP contribution in [0.15, 0.2) is 90.7 Å². The molecule has 0 aromatic heterocycles. The minimum atomic E-state index is -0.567. The largest absolute Gasteiger partial charge is 0.358 e. The highest BCUT2D eigenvalue weighted by molar-refractivity contribution is 6.20. The zero-order valence-electron chi connectivity index (χ0n) is 18.1. The molecule has 0 aliphatic heterocycles. The molecule has 0 amide bonds. The van der Waals surface area contributed by atoms with Gasteiger partial charge in [0.25, 0.3) is 0 Å². The van der Waals surface area contributed by atoms with Crippen LogP contribution in [0.25, 0.3) is 0 Å². The highest BCUT2D eigenvalue weighted by Crippen LogP contribution is 2.41. The molecule has 0 heterocycles. The van der Waals surface area contributed by atoms with Crippen molar-refractivity contribution < 1.29 is 9.59 Å². The van der Waals surface area contributed by atoms with Gasteiger partial charge in [0.15, 0.2) is 11.6 Å². The van der Waals surface area contributed by atoms with Gasteiger partial charge in [-0.2, -0.15) is 0 Å². The van der Waals surface area contributed by atoms with Crippen LogP contribution in [-0.4, -0.2) is 11.6 Å². The fraction of sp³-hybridized carbons (Fsp3) is 0.143. The van der Waals surface area contributed by atoms with Gasteiger partial charge in [-0.1, -0.05) is 59.7 Å². The molecule has 2 N–H and O–H groups in total. The van der Waals surface area contributed by atoms with Crippen molar-refractivity contribution >= 4 is 28.6 Å². The lowest BCUT2D eigenvalue weighted by Gasteiger charge is -2.34. The molecule has 2 aliphatic rings. The SMILES string of the molecule is Cc1ccc(NC2=CC=CC3C(=O)c4cccc(Nc5ccc(C)cc5)c4C(=O)C23)cc1. The molecule has 4 nitrogen and oxygen atoms in total. The summed E-state index contributed by atoms with van der Waals surface area (Å²) in [6.45, 7) is 4.06. The molecule has 0 fully saturated rings. The predicted molar refractivity (Wildman–Crippen MR) is 129 cm³/mol. The molecule has 0 radical (unpaired) electrons. The number of allylic oxidation sites excluding steroid dienone is 4. The Morgan fingerprint density at radius 3 is 2.00 bits per heavy atom. The Bertz CT molecular complexity index is 1270. The first-order valence-corrected chi connectivity index (χ1v) is 10.8. The van der Waals surface area contributed by atoms with Gasteiger partial charge >= 0.3 is 0 Å². The zero-order valence-corrected chi connectivity index (χ0v) is 18.1. The number of Topliss-reactive ketones (excluding diaryl/α,β-unsaturated/α-hetero) is 2. The zero-order chi connectivity index (χ0) is 22.2. The van der Waals surface area contributed by atoms with E-state index < -0.39 is 11.8 Å². The van der Waals surface area contributed by atoms with Gasteiger partial charge in [0.1, 0.15) is 0 Å². The molecule has 3 aromatic carbocycles. The molecular weight excluding hydrogens is 396 g/mol. The second-order valence-electron chi connectivity index (χ2n) is 8.45. The van der Waals surface area contributed by atoms with Crippen molar-refractivity contribution in [3.63, 3.8) is 0 Å². The van der Waals surface area contributed by atoms with Crippen LogP contribution >= 0.6 is 0 Å². The van der Waals surface area contributed by atoms with E-state index in [1.807, 2.05) is 92.7 Å². The summed E-state index contributed by atoms with van der Waals surface area (Å²) in [6, 6.07) is 21.4. The van der Waals surface area contributed by atoms with Gasteiger partial charge in [-0.05, 0) is 50.3 Å². The van der Waals surface area contributed by atoms with Gasteiger partial charge in [-0.3, -0.25) is 9.59 Å². The van der Waals surface area contributed by atoms with Crippen LogP contribution in [-0.2, 0) is 0 Å². The molecule has 5 rings (SSSR count). The number of hydrogen-bond acceptors (Lipinski definition) is 4. The van der Waals surface area contributed by atoms with Crippen LogP contribution in [0.3, 0.4) is 0 Å². The molecule has 2 aliphatic carbocycles. The van der Waals surface area contributed by atoms with Crippen molar-refractivity contribution in [3.05, 3.63) is 113 Å². The van der Waals surface area contributed by atoms with Crippen LogP contribution in [0.5, 0.6) is 0 Å². The van der Waals surface area contributed by atoms with Crippen LogP contribution in [0.1, 0.15) is 31.8 Å². The van der Waals surface area contributed by atoms with Crippen LogP contribution < -0.4 is 10.6 Å². The summed E-state index contributed by atoms with van der Waals surface area (Å²) in [5.74, 6) is -1.13. The molecule has 0 bridgehead atoms. The minimum Gasteiger partial charge on any atom is -0.358 e. The number of benzene rings is 3. The second-order valence-corrected chi connectivity index (χ2v) is 8.45. The lowest BCUT2D eigenvalue weighted by Crippen LogP contribution is -2.39. The van der Waals surface area contributed by atoms with Crippen molar-refractivity contribution in [2.75, 3.05) is 10.6 Å². The van der Waals surface area contributed by atoms with Gasteiger partial charge < -0.3 is 10.6 Å². The molecule has 0 saturated heterocycles. The van der Waals surface area contributed by atoms with Gasteiger partial charge in [0.2, 0.25) is 0 Å². The van der Waals surface area contributed by atoms with Gasteiger partial charge in [0, 0.05) is 22.6 Å². The predicted octanol–water partition coefficient (Wildman–Crippen LogP) is 6.22. The third-order valence-electron chi connectivity index (χ3n) is 6.12. The molecule has 3 aromatic rings. The smallest absolute Gasteiger partial charge is 0.175 e. The summed E-state index contributed by atoms with van der Waals surface area (Å²) in [6.07, 6.45) is 5.60. The highest BCUT2D eigenvalue weighted by Gasteiger charge is 2.44. The minimum absolute atomic E-state index is 0.0234. The van der Waals surface area contributed by atoms with Crippen LogP contribution in [0, 0.1) is 25.7 Å². The second kappa shape index (κ2) is 7.97. The Balaban J connectivity index is 1.53. The fourth-order valence-electron chi connectivity index (χ4n) is 4.41. The van der Waals surface area contributed by atoms with E-state index in [4.69, 9.17) is 0 Å². The van der Waals surface area contributed by atoms with Crippen molar-refractivity contribution in [2.45, 2.75) is 13.8 Å². The summed E-state index contributed by atoms with van der Waals surface area (Å²) >= 11 is 0. The third kappa shape index (κ3) is 3.54. The maximum atomic E-state index is 13.8. The standard InChI is InChI=1S/C28H24N2O2/c1-17-9-13-19(14-10-17)29-23-7-3-5-21-25(23)28(32)26-22(27(21)31)6-4-8-24(26)30-20-15-11-18(2)12-16-20/h3-16,21,25,29-30H,1-2H3. The van der Waals surface area contributed by atoms with Crippen molar-refractivity contribution in [2.24, 2.45) is 11.8 Å². The van der Waals surface area contributed by atoms with Crippen molar-refractivity contribution in [3.8, 4) is 0 Å². The first-order valence-electron chi connectivity index (χ1n) is 10.8. The maximum absolute atomic E-state index is 13.8. The summed E-state index contributed by atoms with van der Waals surface area (Å²) in [7, 11) is 0. The first-order chi connectivity index (χ1) is 15.5. The van der Waals surface area contributed by atoms with E-state index in [-0.39, 0.29) is 11.6 Å². The van der Waals surface area contributed by atoms with Crippen LogP contribution in [0.4, 0.5) is 17.1 Å². The number of rotatable bonds is 4. The Kier molecular flexibility index (Phi) is 4.98. The summed E-state index contributed by atoms with van der Waals surface area (Å²) in [4.78, 5) is 27.2. The number of fused-ring (bicyclic) bond motifs is 2. The number of aryl methyl sites for hydroxylation is 2. The van der Waals surface area contributed by atoms with E-state index in [0.29, 0.717) is 16.8 Å². The van der Waals surface area contributed by atoms with E-state index >= 15 is 0 Å². The number of anilines is 3. The number of carbonyl (C=O) groups excluding carboxylic acids is 2. The van der Waals surface area contributed by atoms with E-state index in [9.17, 15) is 9.59 Å². The average Bonchev–Trinajstić information content (AvgIpc) is 2.80. The van der Waals surface area contributed by atoms with Gasteiger partial charge in [-0.25, -0.2) is 0 Å². The fourth-order valence-corrected chi connectivity index (χ4v) is 4.41. The monoisotopic (exact) mass is 420 g/mol. The highest BCUT2D eigenvalue weighted by atomic mass is 16.1. The van der Waals surface area contributed by atoms with E-state index in [1.54, 1.807) is 6.07 Å². The summed E-state index contributed by atoms with van der Waals surface area (Å²) in [5, 5.41) is 6.73. The average molecular weight is 421 g/mol. The molecule has 2 unspecified atom stereocenters. The number of hydrogen-bond donors (Lipinski definition) is 2. The third-order valence-corrected chi connectivity index (χ3v) is 6.12. The normalized spacial score (nSPS) is 19.1. The molecular formula is C28H24N2O2. The van der Waals surface area contributed by atoms with Crippen molar-refractivity contribution in [1.29, 1.82) is 0 Å². The number of ketones is 2. The Labute approximate surface area is 187 Å². The number of carbonyl (C=O) groups is 2. The Hall–Kier alpha value is -3.92. The van der Waals surface area contributed by atoms with E-state index in [0.717, 1.165) is 28.2 Å². The lowest BCUT2D eigenvalue weighted by atomic mass is 9.70. The molecule has 0 saturated carbocycles. The lowest BCUT2D eigenvalue weighted by molar-refractivity contribution is 0.0795. The van der Waals surface area contributed by atoms with Gasteiger partial charge in [0.05, 0.1) is 23.1 Å². The Morgan fingerprint density at radius 1 is 0.719 bits per heavy atom. The van der Waals surface area contributed by atoms with Gasteiger partial charge in [-0.15, -0.1) is 0 Å². The first kappa shape index (κ1) is 20.0.